The van der Waals surface area contributed by atoms with Crippen molar-refractivity contribution in [1.82, 2.24) is 0 Å². The number of ether oxygens (including phenoxy) is 2. The first-order chi connectivity index (χ1) is 14.9. The number of esters is 2. The first-order valence-electron chi connectivity index (χ1n) is 11.7. The van der Waals surface area contributed by atoms with Crippen molar-refractivity contribution in [2.75, 3.05) is 13.2 Å². The van der Waals surface area contributed by atoms with Crippen LogP contribution < -0.4 is 29.6 Å². The summed E-state index contributed by atoms with van der Waals surface area (Å²) in [5.41, 5.74) is 0. The molecule has 33 heavy (non-hydrogen) atoms. The van der Waals surface area contributed by atoms with E-state index in [9.17, 15) is 27.4 Å². The van der Waals surface area contributed by atoms with Crippen molar-refractivity contribution < 1.29 is 66.4 Å². The fourth-order valence-corrected chi connectivity index (χ4v) is 3.46. The van der Waals surface area contributed by atoms with Crippen LogP contribution in [0.4, 0.5) is 0 Å². The van der Waals surface area contributed by atoms with Crippen LogP contribution in [0, 0.1) is 11.8 Å². The Labute approximate surface area is 223 Å². The molecule has 10 heteroatoms. The number of rotatable bonds is 16. The standard InChI is InChI=1S/C20H38O7S.C3H6O.Na/c1-5-9-11-16(7-3)14-26-19(21)13-18(28(23,24)25)20(22)27-15-17(8-4)12-10-6-2;1-3(2)4;/h16-18H,5-15H2,1-4H3,(H,23,24,25);1-2H3;/q;;+1/p-1. The minimum atomic E-state index is -5.01. The molecule has 8 nitrogen and oxygen atoms in total. The molecule has 0 fully saturated rings. The Morgan fingerprint density at radius 2 is 1.21 bits per heavy atom. The summed E-state index contributed by atoms with van der Waals surface area (Å²) in [4.78, 5) is 33.6. The van der Waals surface area contributed by atoms with Crippen LogP contribution in [-0.2, 0) is 34.0 Å². The molecule has 0 aliphatic rings. The number of carbonyl (C=O) groups excluding carboxylic acids is 3. The van der Waals surface area contributed by atoms with Crippen molar-refractivity contribution in [3.05, 3.63) is 0 Å². The van der Waals surface area contributed by atoms with E-state index in [4.69, 9.17) is 9.47 Å². The van der Waals surface area contributed by atoms with Gasteiger partial charge in [-0.05, 0) is 38.5 Å². The Morgan fingerprint density at radius 3 is 1.55 bits per heavy atom. The van der Waals surface area contributed by atoms with Crippen LogP contribution in [0.3, 0.4) is 0 Å². The average molecular weight is 503 g/mol. The summed E-state index contributed by atoms with van der Waals surface area (Å²) in [7, 11) is -5.01. The van der Waals surface area contributed by atoms with Crippen molar-refractivity contribution in [2.45, 2.75) is 105 Å². The van der Waals surface area contributed by atoms with Gasteiger partial charge in [0.15, 0.2) is 5.25 Å². The summed E-state index contributed by atoms with van der Waals surface area (Å²) >= 11 is 0. The third-order valence-corrected chi connectivity index (χ3v) is 6.05. The van der Waals surface area contributed by atoms with E-state index in [2.05, 4.69) is 13.8 Å². The molecule has 0 amide bonds. The minimum Gasteiger partial charge on any atom is -0.747 e. The molecule has 0 saturated heterocycles. The van der Waals surface area contributed by atoms with Crippen LogP contribution in [0.15, 0.2) is 0 Å². The van der Waals surface area contributed by atoms with E-state index in [1.54, 1.807) is 0 Å². The van der Waals surface area contributed by atoms with E-state index in [0.717, 1.165) is 51.4 Å². The van der Waals surface area contributed by atoms with Gasteiger partial charge in [-0.15, -0.1) is 0 Å². The summed E-state index contributed by atoms with van der Waals surface area (Å²) in [5, 5.41) is -2.06. The molecule has 0 aliphatic heterocycles. The van der Waals surface area contributed by atoms with Gasteiger partial charge in [0.2, 0.25) is 0 Å². The molecule has 3 atom stereocenters. The molecule has 190 valence electrons. The first-order valence-corrected chi connectivity index (χ1v) is 13.1. The maximum absolute atomic E-state index is 12.1. The second-order valence-electron chi connectivity index (χ2n) is 8.24. The van der Waals surface area contributed by atoms with Gasteiger partial charge in [0.25, 0.3) is 0 Å². The van der Waals surface area contributed by atoms with Gasteiger partial charge in [0, 0.05) is 0 Å². The topological polar surface area (TPSA) is 127 Å². The van der Waals surface area contributed by atoms with E-state index >= 15 is 0 Å². The Balaban J connectivity index is -0.00000165. The quantitative estimate of drug-likeness (QED) is 0.176. The predicted octanol–water partition coefficient (Wildman–Crippen LogP) is 1.41. The monoisotopic (exact) mass is 502 g/mol. The van der Waals surface area contributed by atoms with E-state index in [1.165, 1.54) is 13.8 Å². The van der Waals surface area contributed by atoms with Gasteiger partial charge in [-0.2, -0.15) is 0 Å². The maximum Gasteiger partial charge on any atom is 1.00 e. The molecule has 0 saturated carbocycles. The Kier molecular flexibility index (Phi) is 24.7. The average Bonchev–Trinajstić information content (AvgIpc) is 2.70. The smallest absolute Gasteiger partial charge is 0.747 e. The zero-order valence-corrected chi connectivity index (χ0v) is 24.5. The molecule has 0 aromatic heterocycles. The van der Waals surface area contributed by atoms with Crippen molar-refractivity contribution in [2.24, 2.45) is 11.8 Å². The van der Waals surface area contributed by atoms with E-state index in [-0.39, 0.29) is 60.4 Å². The van der Waals surface area contributed by atoms with Crippen LogP contribution in [0.25, 0.3) is 0 Å². The van der Waals surface area contributed by atoms with Gasteiger partial charge in [-0.25, -0.2) is 8.42 Å². The van der Waals surface area contributed by atoms with Crippen molar-refractivity contribution in [3.63, 3.8) is 0 Å². The van der Waals surface area contributed by atoms with E-state index < -0.39 is 33.7 Å². The molecule has 0 aliphatic carbocycles. The second kappa shape index (κ2) is 22.0. The van der Waals surface area contributed by atoms with Crippen LogP contribution in [0.2, 0.25) is 0 Å². The third kappa shape index (κ3) is 21.8. The number of carbonyl (C=O) groups is 3. The predicted molar refractivity (Wildman–Crippen MR) is 123 cm³/mol. The molecule has 0 aromatic rings. The third-order valence-electron chi connectivity index (χ3n) is 4.99. The summed E-state index contributed by atoms with van der Waals surface area (Å²) < 4.78 is 44.6. The zero-order chi connectivity index (χ0) is 25.2. The number of hydrogen-bond donors (Lipinski definition) is 0. The number of unbranched alkanes of at least 4 members (excludes halogenated alkanes) is 2. The summed E-state index contributed by atoms with van der Waals surface area (Å²) in [5.74, 6) is -1.58. The molecule has 0 N–H and O–H groups in total. The number of Topliss-reactive ketones (excluding diaryl/α,β-unsaturated/α-hetero) is 1. The molecule has 0 aromatic carbocycles. The molecule has 0 bridgehead atoms. The molecule has 0 rings (SSSR count). The van der Waals surface area contributed by atoms with E-state index in [0.29, 0.717) is 0 Å². The molecular formula is C23H43NaO8S. The van der Waals surface area contributed by atoms with Gasteiger partial charge in [0.1, 0.15) is 15.9 Å². The number of ketones is 1. The van der Waals surface area contributed by atoms with Gasteiger partial charge in [-0.1, -0.05) is 66.2 Å². The summed E-state index contributed by atoms with van der Waals surface area (Å²) in [6.45, 7) is 11.3. The maximum atomic E-state index is 12.1. The zero-order valence-electron chi connectivity index (χ0n) is 21.7. The second-order valence-corrected chi connectivity index (χ2v) is 9.79. The first kappa shape index (κ1) is 37.1. The van der Waals surface area contributed by atoms with Gasteiger partial charge >= 0.3 is 41.5 Å². The fourth-order valence-electron chi connectivity index (χ4n) is 2.81. The molecule has 0 heterocycles. The van der Waals surface area contributed by atoms with Crippen LogP contribution in [0.5, 0.6) is 0 Å². The van der Waals surface area contributed by atoms with Gasteiger partial charge in [-0.3, -0.25) is 9.59 Å². The van der Waals surface area contributed by atoms with Crippen molar-refractivity contribution in [1.29, 1.82) is 0 Å². The molecular weight excluding hydrogens is 459 g/mol. The molecule has 0 spiro atoms. The largest absolute Gasteiger partial charge is 1.00 e. The Bertz CT molecular complexity index is 632. The van der Waals surface area contributed by atoms with Crippen LogP contribution >= 0.6 is 0 Å². The van der Waals surface area contributed by atoms with Gasteiger partial charge in [0.05, 0.1) is 19.6 Å². The Hall–Kier alpha value is -0.480. The molecule has 3 unspecified atom stereocenters. The SMILES string of the molecule is CC(C)=O.CCCCC(CC)COC(=O)CC(C(=O)OCC(CC)CCCC)S(=O)(=O)[O-].[Na+]. The Morgan fingerprint density at radius 1 is 0.818 bits per heavy atom. The van der Waals surface area contributed by atoms with Crippen molar-refractivity contribution >= 4 is 27.8 Å². The normalized spacial score (nSPS) is 13.4. The minimum absolute atomic E-state index is 0. The van der Waals surface area contributed by atoms with Gasteiger partial charge < -0.3 is 18.8 Å². The van der Waals surface area contributed by atoms with Crippen molar-refractivity contribution in [3.8, 4) is 0 Å². The molecule has 0 radical (unpaired) electrons. The summed E-state index contributed by atoms with van der Waals surface area (Å²) in [6.07, 6.45) is 6.58. The van der Waals surface area contributed by atoms with Crippen LogP contribution in [0.1, 0.15) is 99.3 Å². The van der Waals surface area contributed by atoms with Crippen LogP contribution in [-0.4, -0.2) is 49.2 Å². The fraction of sp³-hybridized carbons (Fsp3) is 0.870. The van der Waals surface area contributed by atoms with E-state index in [1.807, 2.05) is 13.8 Å². The number of hydrogen-bond acceptors (Lipinski definition) is 8. The summed E-state index contributed by atoms with van der Waals surface area (Å²) in [6, 6.07) is 0.